The van der Waals surface area contributed by atoms with Crippen LogP contribution in [0.3, 0.4) is 0 Å². The Morgan fingerprint density at radius 2 is 1.65 bits per heavy atom. The molecule has 62 heavy (non-hydrogen) atoms. The third kappa shape index (κ3) is 11.9. The zero-order chi connectivity index (χ0) is 45.3. The Morgan fingerprint density at radius 1 is 0.935 bits per heavy atom. The van der Waals surface area contributed by atoms with Gasteiger partial charge < -0.3 is 43.5 Å². The fourth-order valence-corrected chi connectivity index (χ4v) is 10.1. The van der Waals surface area contributed by atoms with Crippen LogP contribution >= 0.6 is 0 Å². The molecule has 13 atom stereocenters. The van der Waals surface area contributed by atoms with Gasteiger partial charge in [-0.3, -0.25) is 14.4 Å². The van der Waals surface area contributed by atoms with E-state index in [9.17, 15) is 29.4 Å². The summed E-state index contributed by atoms with van der Waals surface area (Å²) >= 11 is 0. The Hall–Kier alpha value is -3.62. The second kappa shape index (κ2) is 22.3. The van der Waals surface area contributed by atoms with Gasteiger partial charge in [-0.05, 0) is 120 Å². The summed E-state index contributed by atoms with van der Waals surface area (Å²) in [6.07, 6.45) is 6.32. The lowest BCUT2D eigenvalue weighted by Gasteiger charge is -2.47. The topological polar surface area (TPSA) is 167 Å². The van der Waals surface area contributed by atoms with E-state index < -0.39 is 72.0 Å². The van der Waals surface area contributed by atoms with E-state index in [1.54, 1.807) is 34.3 Å². The number of cyclic esters (lactones) is 1. The fourth-order valence-electron chi connectivity index (χ4n) is 10.1. The van der Waals surface area contributed by atoms with Crippen molar-refractivity contribution in [2.24, 2.45) is 29.6 Å². The van der Waals surface area contributed by atoms with E-state index in [1.165, 1.54) is 4.90 Å². The van der Waals surface area contributed by atoms with Crippen LogP contribution in [0.2, 0.25) is 0 Å². The fraction of sp³-hybridized carbons (Fsp3) is 0.714. The van der Waals surface area contributed by atoms with Gasteiger partial charge in [-0.2, -0.15) is 0 Å². The van der Waals surface area contributed by atoms with Gasteiger partial charge in [0, 0.05) is 45.1 Å². The van der Waals surface area contributed by atoms with E-state index >= 15 is 0 Å². The Morgan fingerprint density at radius 3 is 2.32 bits per heavy atom. The number of carbonyl (C=O) groups excluding carboxylic acids is 4. The van der Waals surface area contributed by atoms with E-state index in [-0.39, 0.29) is 55.3 Å². The highest BCUT2D eigenvalue weighted by Crippen LogP contribution is 2.39. The van der Waals surface area contributed by atoms with Crippen LogP contribution in [-0.2, 0) is 38.1 Å². The van der Waals surface area contributed by atoms with Crippen LogP contribution < -0.4 is 9.47 Å². The first-order valence-corrected chi connectivity index (χ1v) is 22.9. The second-order valence-corrected chi connectivity index (χ2v) is 18.6. The third-order valence-corrected chi connectivity index (χ3v) is 13.8. The van der Waals surface area contributed by atoms with Crippen LogP contribution in [0, 0.1) is 29.6 Å². The number of fused-ring (bicyclic) bond motifs is 3. The molecule has 13 unspecified atom stereocenters. The maximum Gasteiger partial charge on any atom is 0.329 e. The number of Topliss-reactive ketones (excluding diaryl/α,β-unsaturated/α-hetero) is 2. The molecular formula is C49H73NO12. The van der Waals surface area contributed by atoms with Crippen molar-refractivity contribution in [3.05, 3.63) is 47.6 Å². The molecule has 4 aliphatic rings. The number of rotatable bonds is 8. The molecule has 5 rings (SSSR count). The molecule has 0 spiro atoms. The molecule has 1 aromatic rings. The van der Waals surface area contributed by atoms with Gasteiger partial charge in [-0.1, -0.05) is 51.5 Å². The summed E-state index contributed by atoms with van der Waals surface area (Å²) in [5.74, 6) is -5.18. The van der Waals surface area contributed by atoms with Crippen LogP contribution in [-0.4, -0.2) is 115 Å². The first kappa shape index (κ1) is 49.4. The van der Waals surface area contributed by atoms with E-state index in [1.807, 2.05) is 45.9 Å². The lowest BCUT2D eigenvalue weighted by Crippen LogP contribution is -2.64. The predicted octanol–water partition coefficient (Wildman–Crippen LogP) is 6.94. The number of hydrogen-bond acceptors (Lipinski definition) is 12. The number of aliphatic hydroxyl groups is 2. The summed E-state index contributed by atoms with van der Waals surface area (Å²) in [7, 11) is 4.69. The Bertz CT molecular complexity index is 1760. The molecule has 2 bridgehead atoms. The summed E-state index contributed by atoms with van der Waals surface area (Å²) in [6, 6.07) is 6.23. The second-order valence-electron chi connectivity index (χ2n) is 18.6. The van der Waals surface area contributed by atoms with Crippen LogP contribution in [0.15, 0.2) is 47.6 Å². The number of hydrogen-bond donors (Lipinski definition) is 2. The summed E-state index contributed by atoms with van der Waals surface area (Å²) in [6.45, 7) is 11.8. The molecule has 346 valence electrons. The SMILES string of the molecule is CCC1C=C(C)CC(C)CC(OC)C2OC(O)(C(=O)C(=O)N3CCCCC3C(=O)OC(C(C)=CC3CCC(Oc4cccc(OC)c4)C(O)C3)C(C)CCC1=O)C(C)CC2OC. The molecule has 13 nitrogen and oxygen atoms in total. The zero-order valence-electron chi connectivity index (χ0n) is 38.5. The van der Waals surface area contributed by atoms with Gasteiger partial charge in [-0.25, -0.2) is 4.79 Å². The minimum absolute atomic E-state index is 0.0318. The number of aliphatic hydroxyl groups excluding tert-OH is 1. The number of ether oxygens (including phenoxy) is 6. The normalized spacial score (nSPS) is 36.5. The van der Waals surface area contributed by atoms with Crippen LogP contribution in [0.1, 0.15) is 119 Å². The summed E-state index contributed by atoms with van der Waals surface area (Å²) < 4.78 is 36.0. The van der Waals surface area contributed by atoms with Gasteiger partial charge in [0.25, 0.3) is 11.7 Å². The highest BCUT2D eigenvalue weighted by molar-refractivity contribution is 6.39. The Balaban J connectivity index is 1.45. The van der Waals surface area contributed by atoms with Gasteiger partial charge in [-0.15, -0.1) is 0 Å². The lowest BCUT2D eigenvalue weighted by atomic mass is 9.82. The van der Waals surface area contributed by atoms with Gasteiger partial charge in [0.1, 0.15) is 41.6 Å². The maximum absolute atomic E-state index is 14.4. The van der Waals surface area contributed by atoms with Crippen molar-refractivity contribution < 1.29 is 57.8 Å². The molecule has 3 aliphatic heterocycles. The smallest absolute Gasteiger partial charge is 0.329 e. The van der Waals surface area contributed by atoms with Gasteiger partial charge >= 0.3 is 5.97 Å². The highest BCUT2D eigenvalue weighted by Gasteiger charge is 2.56. The van der Waals surface area contributed by atoms with Crippen molar-refractivity contribution in [3.63, 3.8) is 0 Å². The minimum Gasteiger partial charge on any atom is -0.497 e. The van der Waals surface area contributed by atoms with Gasteiger partial charge in [0.05, 0.1) is 25.4 Å². The number of methoxy groups -OCH3 is 3. The average molecular weight is 868 g/mol. The molecule has 0 aromatic heterocycles. The summed E-state index contributed by atoms with van der Waals surface area (Å²) in [4.78, 5) is 58.1. The van der Waals surface area contributed by atoms with Crippen LogP contribution in [0.4, 0.5) is 0 Å². The molecule has 2 N–H and O–H groups in total. The molecule has 1 saturated carbocycles. The Kier molecular flexibility index (Phi) is 17.8. The quantitative estimate of drug-likeness (QED) is 0.157. The molecular weight excluding hydrogens is 795 g/mol. The van der Waals surface area contributed by atoms with Crippen molar-refractivity contribution in [1.29, 1.82) is 0 Å². The molecule has 2 saturated heterocycles. The van der Waals surface area contributed by atoms with Crippen molar-refractivity contribution in [1.82, 2.24) is 4.90 Å². The summed E-state index contributed by atoms with van der Waals surface area (Å²) in [5, 5.41) is 23.3. The number of carbonyl (C=O) groups is 4. The maximum atomic E-state index is 14.4. The monoisotopic (exact) mass is 868 g/mol. The molecule has 3 fully saturated rings. The van der Waals surface area contributed by atoms with Gasteiger partial charge in [0.15, 0.2) is 0 Å². The summed E-state index contributed by atoms with van der Waals surface area (Å²) in [5.41, 5.74) is 1.85. The molecule has 1 aromatic carbocycles. The molecule has 1 amide bonds. The van der Waals surface area contributed by atoms with E-state index in [4.69, 9.17) is 28.4 Å². The van der Waals surface area contributed by atoms with Crippen LogP contribution in [0.5, 0.6) is 11.5 Å². The average Bonchev–Trinajstić information content (AvgIpc) is 3.26. The molecule has 3 heterocycles. The highest BCUT2D eigenvalue weighted by atomic mass is 16.7. The van der Waals surface area contributed by atoms with Crippen LogP contribution in [0.25, 0.3) is 0 Å². The standard InChI is InChI=1S/C49H73NO12/c1-10-35-23-29(2)22-30(3)24-42(58-8)45-43(59-9)26-33(6)49(56,62-45)46(53)47(54)50-21-12-11-16-38(50)48(55)61-44(31(4)17-19-39(35)51)32(5)25-34-18-20-41(40(52)27-34)60-37-15-13-14-36(28-37)57-7/h13-15,23,25,28,30-31,33-35,38,40-45,52,56H,10-12,16-22,24,26-27H2,1-9H3. The third-order valence-electron chi connectivity index (χ3n) is 13.8. The van der Waals surface area contributed by atoms with Crippen molar-refractivity contribution >= 4 is 23.4 Å². The van der Waals surface area contributed by atoms with E-state index in [0.29, 0.717) is 62.9 Å². The number of allylic oxidation sites excluding steroid dienone is 3. The number of piperidine rings is 1. The van der Waals surface area contributed by atoms with E-state index in [2.05, 4.69) is 19.1 Å². The first-order valence-electron chi connectivity index (χ1n) is 22.9. The predicted molar refractivity (Wildman–Crippen MR) is 233 cm³/mol. The number of benzene rings is 1. The van der Waals surface area contributed by atoms with Crippen molar-refractivity contribution in [2.75, 3.05) is 27.9 Å². The minimum atomic E-state index is -2.48. The van der Waals surface area contributed by atoms with Gasteiger partial charge in [0.2, 0.25) is 5.79 Å². The zero-order valence-corrected chi connectivity index (χ0v) is 38.5. The molecule has 0 radical (unpaired) electrons. The lowest BCUT2D eigenvalue weighted by molar-refractivity contribution is -0.302. The number of amides is 1. The first-order chi connectivity index (χ1) is 29.5. The van der Waals surface area contributed by atoms with E-state index in [0.717, 1.165) is 17.6 Å². The molecule has 13 heteroatoms. The Labute approximate surface area is 368 Å². The molecule has 1 aliphatic carbocycles. The number of nitrogens with zero attached hydrogens (tertiary/aromatic N) is 1. The van der Waals surface area contributed by atoms with Crippen molar-refractivity contribution in [2.45, 2.75) is 167 Å². The number of ketones is 2. The van der Waals surface area contributed by atoms with Crippen molar-refractivity contribution in [3.8, 4) is 11.5 Å². The number of esters is 1. The largest absolute Gasteiger partial charge is 0.497 e.